The van der Waals surface area contributed by atoms with Gasteiger partial charge in [-0.3, -0.25) is 0 Å². The second-order valence-corrected chi connectivity index (χ2v) is 13.0. The molecule has 36 heavy (non-hydrogen) atoms. The van der Waals surface area contributed by atoms with Crippen LogP contribution < -0.4 is 0 Å². The van der Waals surface area contributed by atoms with Crippen LogP contribution >= 0.6 is 0 Å². The van der Waals surface area contributed by atoms with Gasteiger partial charge in [-0.05, 0) is 92.1 Å². The van der Waals surface area contributed by atoms with Gasteiger partial charge >= 0.3 is 0 Å². The van der Waals surface area contributed by atoms with Crippen molar-refractivity contribution >= 4 is 0 Å². The van der Waals surface area contributed by atoms with Gasteiger partial charge in [0.2, 0.25) is 0 Å². The standard InChI is InChI=1S/C33H56O3/c1-6-8-19-33(36,20-9-7-2)21-10-12-24(3)29-16-17-30-26(13-11-18-32(29,30)5)14-15-27-22-28(34)23-31(35)25(27)4/h14-15,24,28-31,34-36H,4,6-13,16-23H2,1-3,5H3/b26-14?,27-15-/t24-,28-,29-,30?,31-,32-/m1/s1. The fraction of sp³-hybridized carbons (Fsp3) is 0.818. The third-order valence-corrected chi connectivity index (χ3v) is 10.3. The van der Waals surface area contributed by atoms with Crippen molar-refractivity contribution in [2.24, 2.45) is 23.2 Å². The largest absolute Gasteiger partial charge is 0.393 e. The smallest absolute Gasteiger partial charge is 0.0811 e. The number of fused-ring (bicyclic) bond motifs is 1. The highest BCUT2D eigenvalue weighted by Gasteiger charge is 2.50. The van der Waals surface area contributed by atoms with Crippen LogP contribution in [-0.4, -0.2) is 33.1 Å². The Labute approximate surface area is 222 Å². The summed E-state index contributed by atoms with van der Waals surface area (Å²) in [6.07, 6.45) is 20.6. The molecule has 0 radical (unpaired) electrons. The molecule has 0 bridgehead atoms. The molecule has 3 nitrogen and oxygen atoms in total. The first kappa shape index (κ1) is 29.7. The SMILES string of the molecule is C=C1/C(=C\C=C2CCC[C@@]3(C)C2CC[C@@H]3[C@H](C)CCCC(O)(CCCC)CCCC)C[C@@H](O)C[C@H]1O. The molecular formula is C33H56O3. The summed E-state index contributed by atoms with van der Waals surface area (Å²) in [4.78, 5) is 0. The summed E-state index contributed by atoms with van der Waals surface area (Å²) < 4.78 is 0. The zero-order chi connectivity index (χ0) is 26.3. The molecule has 206 valence electrons. The maximum absolute atomic E-state index is 11.3. The molecular weight excluding hydrogens is 444 g/mol. The maximum Gasteiger partial charge on any atom is 0.0811 e. The Bertz CT molecular complexity index is 772. The van der Waals surface area contributed by atoms with Crippen LogP contribution in [0.15, 0.2) is 35.5 Å². The van der Waals surface area contributed by atoms with E-state index in [9.17, 15) is 15.3 Å². The monoisotopic (exact) mass is 500 g/mol. The topological polar surface area (TPSA) is 60.7 Å². The van der Waals surface area contributed by atoms with E-state index in [4.69, 9.17) is 0 Å². The molecule has 1 unspecified atom stereocenters. The fourth-order valence-electron chi connectivity index (χ4n) is 8.02. The van der Waals surface area contributed by atoms with Crippen LogP contribution in [-0.2, 0) is 0 Å². The summed E-state index contributed by atoms with van der Waals surface area (Å²) >= 11 is 0. The molecule has 3 rings (SSSR count). The summed E-state index contributed by atoms with van der Waals surface area (Å²) in [5, 5.41) is 31.6. The summed E-state index contributed by atoms with van der Waals surface area (Å²) in [5.74, 6) is 2.10. The minimum atomic E-state index is -0.617. The van der Waals surface area contributed by atoms with Gasteiger partial charge in [-0.15, -0.1) is 0 Å². The number of aliphatic hydroxyl groups excluding tert-OH is 2. The Balaban J connectivity index is 1.62. The van der Waals surface area contributed by atoms with E-state index in [-0.39, 0.29) is 0 Å². The zero-order valence-electron chi connectivity index (χ0n) is 23.9. The lowest BCUT2D eigenvalue weighted by Gasteiger charge is -2.44. The average molecular weight is 501 g/mol. The molecule has 3 aliphatic carbocycles. The van der Waals surface area contributed by atoms with Gasteiger partial charge in [-0.25, -0.2) is 0 Å². The number of allylic oxidation sites excluding steroid dienone is 3. The van der Waals surface area contributed by atoms with E-state index in [0.717, 1.165) is 68.4 Å². The number of unbranched alkanes of at least 4 members (excludes halogenated alkanes) is 2. The van der Waals surface area contributed by atoms with Crippen LogP contribution in [0, 0.1) is 23.2 Å². The first-order valence-corrected chi connectivity index (χ1v) is 15.3. The molecule has 0 aromatic carbocycles. The number of rotatable bonds is 12. The van der Waals surface area contributed by atoms with E-state index in [1.165, 1.54) is 38.5 Å². The van der Waals surface area contributed by atoms with E-state index in [1.807, 2.05) is 0 Å². The normalized spacial score (nSPS) is 34.4. The van der Waals surface area contributed by atoms with Crippen molar-refractivity contribution in [3.8, 4) is 0 Å². The third-order valence-electron chi connectivity index (χ3n) is 10.3. The van der Waals surface area contributed by atoms with Crippen molar-refractivity contribution in [3.05, 3.63) is 35.5 Å². The Kier molecular flexibility index (Phi) is 10.9. The molecule has 0 aromatic heterocycles. The Morgan fingerprint density at radius 3 is 2.39 bits per heavy atom. The van der Waals surface area contributed by atoms with Crippen molar-refractivity contribution in [1.82, 2.24) is 0 Å². The molecule has 0 amide bonds. The van der Waals surface area contributed by atoms with Crippen LogP contribution in [0.1, 0.15) is 130 Å². The van der Waals surface area contributed by atoms with Gasteiger partial charge in [0.15, 0.2) is 0 Å². The summed E-state index contributed by atoms with van der Waals surface area (Å²) in [5.41, 5.74) is 3.29. The summed E-state index contributed by atoms with van der Waals surface area (Å²) in [6, 6.07) is 0. The van der Waals surface area contributed by atoms with Crippen LogP contribution in [0.5, 0.6) is 0 Å². The third kappa shape index (κ3) is 7.14. The zero-order valence-corrected chi connectivity index (χ0v) is 23.9. The predicted molar refractivity (Wildman–Crippen MR) is 152 cm³/mol. The van der Waals surface area contributed by atoms with Gasteiger partial charge in [0.1, 0.15) is 0 Å². The van der Waals surface area contributed by atoms with Crippen LogP contribution in [0.2, 0.25) is 0 Å². The molecule has 3 fully saturated rings. The maximum atomic E-state index is 11.3. The lowest BCUT2D eigenvalue weighted by atomic mass is 9.60. The van der Waals surface area contributed by atoms with E-state index in [1.54, 1.807) is 5.57 Å². The quantitative estimate of drug-likeness (QED) is 0.254. The van der Waals surface area contributed by atoms with Gasteiger partial charge in [0.05, 0.1) is 17.8 Å². The summed E-state index contributed by atoms with van der Waals surface area (Å²) in [7, 11) is 0. The van der Waals surface area contributed by atoms with E-state index < -0.39 is 17.8 Å². The molecule has 0 aliphatic heterocycles. The number of hydrogen-bond donors (Lipinski definition) is 3. The van der Waals surface area contributed by atoms with Crippen molar-refractivity contribution in [1.29, 1.82) is 0 Å². The van der Waals surface area contributed by atoms with Gasteiger partial charge in [-0.2, -0.15) is 0 Å². The fourth-order valence-corrected chi connectivity index (χ4v) is 8.02. The minimum Gasteiger partial charge on any atom is -0.393 e. The van der Waals surface area contributed by atoms with Gasteiger partial charge in [0, 0.05) is 6.42 Å². The van der Waals surface area contributed by atoms with Gasteiger partial charge in [-0.1, -0.05) is 90.5 Å². The average Bonchev–Trinajstić information content (AvgIpc) is 3.20. The van der Waals surface area contributed by atoms with Crippen molar-refractivity contribution in [2.45, 2.75) is 148 Å². The minimum absolute atomic E-state index is 0.366. The predicted octanol–water partition coefficient (Wildman–Crippen LogP) is 8.05. The first-order valence-electron chi connectivity index (χ1n) is 15.3. The first-order chi connectivity index (χ1) is 17.1. The second-order valence-electron chi connectivity index (χ2n) is 13.0. The second kappa shape index (κ2) is 13.3. The highest BCUT2D eigenvalue weighted by atomic mass is 16.3. The van der Waals surface area contributed by atoms with Crippen molar-refractivity contribution in [2.75, 3.05) is 0 Å². The molecule has 0 saturated heterocycles. The molecule has 3 saturated carbocycles. The highest BCUT2D eigenvalue weighted by Crippen LogP contribution is 2.60. The van der Waals surface area contributed by atoms with E-state index >= 15 is 0 Å². The highest BCUT2D eigenvalue weighted by molar-refractivity contribution is 5.38. The van der Waals surface area contributed by atoms with E-state index in [0.29, 0.717) is 30.1 Å². The van der Waals surface area contributed by atoms with Crippen LogP contribution in [0.25, 0.3) is 0 Å². The number of hydrogen-bond acceptors (Lipinski definition) is 3. The summed E-state index contributed by atoms with van der Waals surface area (Å²) in [6.45, 7) is 13.6. The van der Waals surface area contributed by atoms with Crippen LogP contribution in [0.4, 0.5) is 0 Å². The van der Waals surface area contributed by atoms with Crippen molar-refractivity contribution < 1.29 is 15.3 Å². The molecule has 6 atom stereocenters. The Morgan fingerprint density at radius 2 is 1.72 bits per heavy atom. The van der Waals surface area contributed by atoms with Gasteiger partial charge < -0.3 is 15.3 Å². The molecule has 3 heteroatoms. The lowest BCUT2D eigenvalue weighted by Crippen LogP contribution is -2.36. The van der Waals surface area contributed by atoms with Gasteiger partial charge in [0.25, 0.3) is 0 Å². The molecule has 0 heterocycles. The van der Waals surface area contributed by atoms with E-state index in [2.05, 4.69) is 46.4 Å². The van der Waals surface area contributed by atoms with Crippen LogP contribution in [0.3, 0.4) is 0 Å². The molecule has 3 aliphatic rings. The Hall–Kier alpha value is -0.900. The lowest BCUT2D eigenvalue weighted by molar-refractivity contribution is 0.00520. The Morgan fingerprint density at radius 1 is 1.06 bits per heavy atom. The molecule has 0 spiro atoms. The van der Waals surface area contributed by atoms with Crippen molar-refractivity contribution in [3.63, 3.8) is 0 Å². The molecule has 3 N–H and O–H groups in total. The number of aliphatic hydroxyl groups is 3. The molecule has 0 aromatic rings.